The SMILES string of the molecule is Cc1ccc(-n2nc(-c3nc(-c4ccccc4Cl)no3)c3ccccc3c2=O)cc1C. The fourth-order valence-electron chi connectivity index (χ4n) is 3.45. The Kier molecular flexibility index (Phi) is 4.64. The summed E-state index contributed by atoms with van der Waals surface area (Å²) in [6.45, 7) is 4.02. The number of hydrogen-bond donors (Lipinski definition) is 0. The summed E-state index contributed by atoms with van der Waals surface area (Å²) in [5.74, 6) is 0.569. The van der Waals surface area contributed by atoms with Crippen LogP contribution < -0.4 is 5.56 Å². The van der Waals surface area contributed by atoms with Crippen LogP contribution in [0.25, 0.3) is 39.4 Å². The van der Waals surface area contributed by atoms with Gasteiger partial charge in [0.25, 0.3) is 11.4 Å². The Labute approximate surface area is 182 Å². The van der Waals surface area contributed by atoms with Crippen molar-refractivity contribution in [3.05, 3.63) is 93.2 Å². The summed E-state index contributed by atoms with van der Waals surface area (Å²) in [6.07, 6.45) is 0. The Morgan fingerprint density at radius 1 is 0.903 bits per heavy atom. The molecule has 0 radical (unpaired) electrons. The van der Waals surface area contributed by atoms with Crippen molar-refractivity contribution in [2.45, 2.75) is 13.8 Å². The van der Waals surface area contributed by atoms with Gasteiger partial charge in [0.1, 0.15) is 0 Å². The van der Waals surface area contributed by atoms with Crippen molar-refractivity contribution in [1.29, 1.82) is 0 Å². The molecule has 2 aromatic heterocycles. The molecule has 3 aromatic carbocycles. The Hall–Kier alpha value is -3.77. The Balaban J connectivity index is 1.74. The molecule has 0 saturated carbocycles. The maximum atomic E-state index is 13.2. The van der Waals surface area contributed by atoms with Crippen LogP contribution in [0.15, 0.2) is 76.0 Å². The van der Waals surface area contributed by atoms with E-state index >= 15 is 0 Å². The average molecular weight is 429 g/mol. The van der Waals surface area contributed by atoms with E-state index in [1.807, 2.05) is 68.4 Å². The van der Waals surface area contributed by atoms with Crippen LogP contribution in [0, 0.1) is 13.8 Å². The molecule has 0 N–H and O–H groups in total. The molecule has 7 heteroatoms. The van der Waals surface area contributed by atoms with Crippen LogP contribution in [0.5, 0.6) is 0 Å². The topological polar surface area (TPSA) is 73.8 Å². The van der Waals surface area contributed by atoms with Crippen molar-refractivity contribution in [3.8, 4) is 28.7 Å². The van der Waals surface area contributed by atoms with Crippen molar-refractivity contribution in [2.24, 2.45) is 0 Å². The summed E-state index contributed by atoms with van der Waals surface area (Å²) in [4.78, 5) is 17.7. The fourth-order valence-corrected chi connectivity index (χ4v) is 3.67. The molecule has 0 spiro atoms. The molecule has 152 valence electrons. The molecule has 2 heterocycles. The molecule has 31 heavy (non-hydrogen) atoms. The second-order valence-electron chi connectivity index (χ2n) is 7.28. The molecule has 0 aliphatic rings. The van der Waals surface area contributed by atoms with Crippen LogP contribution in [0.2, 0.25) is 5.02 Å². The lowest BCUT2D eigenvalue weighted by Crippen LogP contribution is -2.22. The lowest BCUT2D eigenvalue weighted by molar-refractivity contribution is 0.430. The van der Waals surface area contributed by atoms with E-state index in [9.17, 15) is 4.79 Å². The number of aromatic nitrogens is 4. The number of halogens is 1. The zero-order valence-electron chi connectivity index (χ0n) is 16.8. The Morgan fingerprint density at radius 2 is 1.65 bits per heavy atom. The van der Waals surface area contributed by atoms with E-state index < -0.39 is 0 Å². The summed E-state index contributed by atoms with van der Waals surface area (Å²) < 4.78 is 6.92. The Morgan fingerprint density at radius 3 is 2.42 bits per heavy atom. The lowest BCUT2D eigenvalue weighted by Gasteiger charge is -2.10. The van der Waals surface area contributed by atoms with Crippen LogP contribution in [-0.2, 0) is 0 Å². The minimum Gasteiger partial charge on any atom is -0.332 e. The third kappa shape index (κ3) is 3.31. The van der Waals surface area contributed by atoms with E-state index in [1.54, 1.807) is 12.1 Å². The van der Waals surface area contributed by atoms with Gasteiger partial charge >= 0.3 is 0 Å². The van der Waals surface area contributed by atoms with Crippen molar-refractivity contribution in [2.75, 3.05) is 0 Å². The van der Waals surface area contributed by atoms with Crippen molar-refractivity contribution < 1.29 is 4.52 Å². The maximum absolute atomic E-state index is 13.2. The van der Waals surface area contributed by atoms with Gasteiger partial charge in [-0.25, -0.2) is 0 Å². The zero-order valence-corrected chi connectivity index (χ0v) is 17.6. The monoisotopic (exact) mass is 428 g/mol. The first-order chi connectivity index (χ1) is 15.0. The third-order valence-corrected chi connectivity index (χ3v) is 5.61. The van der Waals surface area contributed by atoms with Crippen LogP contribution in [0.4, 0.5) is 0 Å². The van der Waals surface area contributed by atoms with Gasteiger partial charge in [0, 0.05) is 10.9 Å². The predicted molar refractivity (Wildman–Crippen MR) is 121 cm³/mol. The standard InChI is InChI=1S/C24H17ClN4O2/c1-14-11-12-16(13-15(14)2)29-24(30)18-8-4-3-7-17(18)21(27-29)23-26-22(28-31-23)19-9-5-6-10-20(19)25/h3-13H,1-2H3. The summed E-state index contributed by atoms with van der Waals surface area (Å²) in [7, 11) is 0. The average Bonchev–Trinajstić information content (AvgIpc) is 3.26. The normalized spacial score (nSPS) is 11.2. The summed E-state index contributed by atoms with van der Waals surface area (Å²) in [5.41, 5.74) is 3.75. The number of aryl methyl sites for hydroxylation is 2. The number of benzene rings is 3. The van der Waals surface area contributed by atoms with Gasteiger partial charge in [-0.2, -0.15) is 14.8 Å². The second kappa shape index (κ2) is 7.49. The fraction of sp³-hybridized carbons (Fsp3) is 0.0833. The van der Waals surface area contributed by atoms with Gasteiger partial charge in [0.2, 0.25) is 5.82 Å². The molecule has 6 nitrogen and oxygen atoms in total. The number of hydrogen-bond acceptors (Lipinski definition) is 5. The molecule has 0 saturated heterocycles. The van der Waals surface area contributed by atoms with E-state index in [1.165, 1.54) is 4.68 Å². The zero-order chi connectivity index (χ0) is 21.5. The quantitative estimate of drug-likeness (QED) is 0.386. The minimum absolute atomic E-state index is 0.212. The van der Waals surface area contributed by atoms with Crippen LogP contribution in [0.3, 0.4) is 0 Å². The van der Waals surface area contributed by atoms with E-state index in [2.05, 4.69) is 15.2 Å². The van der Waals surface area contributed by atoms with E-state index in [0.29, 0.717) is 38.6 Å². The molecule has 0 aliphatic heterocycles. The van der Waals surface area contributed by atoms with Crippen LogP contribution in [0.1, 0.15) is 11.1 Å². The highest BCUT2D eigenvalue weighted by atomic mass is 35.5. The van der Waals surface area contributed by atoms with Gasteiger partial charge in [0.05, 0.1) is 16.1 Å². The smallest absolute Gasteiger partial charge is 0.279 e. The summed E-state index contributed by atoms with van der Waals surface area (Å²) in [6, 6.07) is 20.3. The molecular formula is C24H17ClN4O2. The molecule has 0 amide bonds. The number of rotatable bonds is 3. The highest BCUT2D eigenvalue weighted by Gasteiger charge is 2.19. The number of nitrogens with zero attached hydrogens (tertiary/aromatic N) is 4. The Bertz CT molecular complexity index is 1500. The first-order valence-electron chi connectivity index (χ1n) is 9.71. The number of fused-ring (bicyclic) bond motifs is 1. The first kappa shape index (κ1) is 19.2. The molecule has 0 unspecified atom stereocenters. The minimum atomic E-state index is -0.214. The highest BCUT2D eigenvalue weighted by Crippen LogP contribution is 2.29. The summed E-state index contributed by atoms with van der Waals surface area (Å²) in [5, 5.41) is 10.4. The van der Waals surface area contributed by atoms with Crippen molar-refractivity contribution >= 4 is 22.4 Å². The molecule has 0 atom stereocenters. The predicted octanol–water partition coefficient (Wildman–Crippen LogP) is 5.37. The van der Waals surface area contributed by atoms with Gasteiger partial charge in [-0.05, 0) is 55.3 Å². The highest BCUT2D eigenvalue weighted by molar-refractivity contribution is 6.33. The van der Waals surface area contributed by atoms with E-state index in [0.717, 1.165) is 11.1 Å². The largest absolute Gasteiger partial charge is 0.332 e. The molecule has 5 rings (SSSR count). The van der Waals surface area contributed by atoms with E-state index in [4.69, 9.17) is 16.1 Å². The van der Waals surface area contributed by atoms with Gasteiger partial charge in [-0.3, -0.25) is 4.79 Å². The third-order valence-electron chi connectivity index (χ3n) is 5.28. The molecule has 0 bridgehead atoms. The molecular weight excluding hydrogens is 412 g/mol. The van der Waals surface area contributed by atoms with Crippen molar-refractivity contribution in [3.63, 3.8) is 0 Å². The van der Waals surface area contributed by atoms with Gasteiger partial charge in [-0.1, -0.05) is 53.2 Å². The molecule has 0 aliphatic carbocycles. The van der Waals surface area contributed by atoms with Gasteiger partial charge < -0.3 is 4.52 Å². The van der Waals surface area contributed by atoms with Gasteiger partial charge in [0.15, 0.2) is 5.69 Å². The van der Waals surface area contributed by atoms with E-state index in [-0.39, 0.29) is 11.4 Å². The second-order valence-corrected chi connectivity index (χ2v) is 7.69. The lowest BCUT2D eigenvalue weighted by atomic mass is 10.1. The van der Waals surface area contributed by atoms with Crippen LogP contribution >= 0.6 is 11.6 Å². The molecule has 0 fully saturated rings. The first-order valence-corrected chi connectivity index (χ1v) is 10.1. The summed E-state index contributed by atoms with van der Waals surface area (Å²) >= 11 is 6.28. The molecule has 5 aromatic rings. The van der Waals surface area contributed by atoms with Crippen molar-refractivity contribution in [1.82, 2.24) is 19.9 Å². The van der Waals surface area contributed by atoms with Crippen LogP contribution in [-0.4, -0.2) is 19.9 Å². The van der Waals surface area contributed by atoms with Gasteiger partial charge in [-0.15, -0.1) is 0 Å². The maximum Gasteiger partial charge on any atom is 0.279 e.